The van der Waals surface area contributed by atoms with Gasteiger partial charge in [-0.1, -0.05) is 43.9 Å². The summed E-state index contributed by atoms with van der Waals surface area (Å²) in [6.07, 6.45) is 0.185. The van der Waals surface area contributed by atoms with Crippen LogP contribution >= 0.6 is 0 Å². The molecule has 0 fully saturated rings. The monoisotopic (exact) mass is 413 g/mol. The van der Waals surface area contributed by atoms with Crippen LogP contribution < -0.4 is 14.8 Å². The smallest absolute Gasteiger partial charge is 0.417 e. The number of para-hydroxylation sites is 1. The fourth-order valence-electron chi connectivity index (χ4n) is 2.51. The summed E-state index contributed by atoms with van der Waals surface area (Å²) in [5.41, 5.74) is 2.21. The van der Waals surface area contributed by atoms with Crippen LogP contribution in [0.4, 0.5) is 10.5 Å². The summed E-state index contributed by atoms with van der Waals surface area (Å²) in [6.45, 7) is 3.79. The molecule has 3 aromatic carbocycles. The quantitative estimate of drug-likeness (QED) is 0.334. The first-order valence-corrected chi connectivity index (χ1v) is 10.0. The maximum atomic E-state index is 11.9. The van der Waals surface area contributed by atoms with Gasteiger partial charge in [-0.25, -0.2) is 4.79 Å². The van der Waals surface area contributed by atoms with Crippen molar-refractivity contribution in [2.75, 3.05) is 5.32 Å². The Balaban J connectivity index is 1.55. The maximum absolute atomic E-state index is 11.9. The Morgan fingerprint density at radius 1 is 0.806 bits per heavy atom. The van der Waals surface area contributed by atoms with Crippen LogP contribution in [-0.4, -0.2) is 12.1 Å². The molecule has 0 aliphatic rings. The molecule has 0 aromatic heterocycles. The number of ether oxygens (including phenoxy) is 2. The Morgan fingerprint density at radius 3 is 1.94 bits per heavy atom. The Kier molecular flexibility index (Phi) is 7.45. The first-order chi connectivity index (χ1) is 15.0. The Bertz CT molecular complexity index is 1080. The standard InChI is InChI=1S/C26H23NO4/c1-3-19(2)25(28)30-24-17-13-21(14-18-24)10-9-20-11-15-22(16-12-20)27-26(29)31-23-7-5-4-6-8-23/h4-8,11-19H,3H2,1-2H3,(H,27,29). The number of rotatable bonds is 5. The largest absolute Gasteiger partial charge is 0.426 e. The second-order valence-corrected chi connectivity index (χ2v) is 6.91. The van der Waals surface area contributed by atoms with E-state index in [0.29, 0.717) is 17.2 Å². The molecular formula is C26H23NO4. The van der Waals surface area contributed by atoms with Crippen LogP contribution in [0.2, 0.25) is 0 Å². The minimum Gasteiger partial charge on any atom is -0.426 e. The van der Waals surface area contributed by atoms with Crippen LogP contribution in [0, 0.1) is 17.8 Å². The third kappa shape index (κ3) is 6.76. The van der Waals surface area contributed by atoms with Gasteiger partial charge in [-0.3, -0.25) is 10.1 Å². The number of amides is 1. The van der Waals surface area contributed by atoms with E-state index in [1.54, 1.807) is 48.5 Å². The van der Waals surface area contributed by atoms with E-state index in [0.717, 1.165) is 17.5 Å². The van der Waals surface area contributed by atoms with E-state index >= 15 is 0 Å². The topological polar surface area (TPSA) is 64.6 Å². The van der Waals surface area contributed by atoms with Crippen molar-refractivity contribution in [3.8, 4) is 23.3 Å². The molecule has 156 valence electrons. The summed E-state index contributed by atoms with van der Waals surface area (Å²) in [7, 11) is 0. The number of anilines is 1. The van der Waals surface area contributed by atoms with Gasteiger partial charge >= 0.3 is 12.1 Å². The maximum Gasteiger partial charge on any atom is 0.417 e. The van der Waals surface area contributed by atoms with Crippen molar-refractivity contribution in [2.24, 2.45) is 5.92 Å². The number of benzene rings is 3. The lowest BCUT2D eigenvalue weighted by atomic mass is 10.1. The summed E-state index contributed by atoms with van der Waals surface area (Å²) in [6, 6.07) is 23.1. The molecule has 0 heterocycles. The van der Waals surface area contributed by atoms with Crippen molar-refractivity contribution in [1.29, 1.82) is 0 Å². The first kappa shape index (κ1) is 21.7. The molecule has 0 radical (unpaired) electrons. The van der Waals surface area contributed by atoms with E-state index in [4.69, 9.17) is 9.47 Å². The van der Waals surface area contributed by atoms with Gasteiger partial charge in [0, 0.05) is 16.8 Å². The van der Waals surface area contributed by atoms with Crippen LogP contribution in [0.1, 0.15) is 31.4 Å². The molecule has 1 amide bonds. The molecule has 1 N–H and O–H groups in total. The predicted octanol–water partition coefficient (Wildman–Crippen LogP) is 5.65. The number of esters is 1. The fraction of sp³-hybridized carbons (Fsp3) is 0.154. The van der Waals surface area contributed by atoms with Gasteiger partial charge in [0.25, 0.3) is 0 Å². The van der Waals surface area contributed by atoms with E-state index in [1.165, 1.54) is 0 Å². The van der Waals surface area contributed by atoms with Crippen LogP contribution in [-0.2, 0) is 4.79 Å². The Morgan fingerprint density at radius 2 is 1.35 bits per heavy atom. The molecule has 0 saturated heterocycles. The highest BCUT2D eigenvalue weighted by Gasteiger charge is 2.12. The minimum absolute atomic E-state index is 0.128. The van der Waals surface area contributed by atoms with Crippen molar-refractivity contribution < 1.29 is 19.1 Å². The van der Waals surface area contributed by atoms with Gasteiger partial charge in [0.1, 0.15) is 11.5 Å². The van der Waals surface area contributed by atoms with E-state index in [1.807, 2.05) is 44.2 Å². The first-order valence-electron chi connectivity index (χ1n) is 10.0. The molecule has 0 aliphatic heterocycles. The normalized spacial score (nSPS) is 10.9. The fourth-order valence-corrected chi connectivity index (χ4v) is 2.51. The molecule has 1 unspecified atom stereocenters. The lowest BCUT2D eigenvalue weighted by molar-refractivity contribution is -0.138. The van der Waals surface area contributed by atoms with Gasteiger partial charge in [0.15, 0.2) is 0 Å². The summed E-state index contributed by atoms with van der Waals surface area (Å²) in [4.78, 5) is 23.8. The molecule has 0 aliphatic carbocycles. The van der Waals surface area contributed by atoms with Crippen molar-refractivity contribution in [1.82, 2.24) is 0 Å². The third-order valence-electron chi connectivity index (χ3n) is 4.52. The van der Waals surface area contributed by atoms with Gasteiger partial charge < -0.3 is 9.47 Å². The van der Waals surface area contributed by atoms with Crippen molar-refractivity contribution >= 4 is 17.7 Å². The second kappa shape index (κ2) is 10.7. The average Bonchev–Trinajstić information content (AvgIpc) is 2.79. The zero-order valence-corrected chi connectivity index (χ0v) is 17.4. The summed E-state index contributed by atoms with van der Waals surface area (Å²) >= 11 is 0. The predicted molar refractivity (Wildman–Crippen MR) is 120 cm³/mol. The molecule has 0 bridgehead atoms. The summed E-state index contributed by atoms with van der Waals surface area (Å²) in [5, 5.41) is 2.67. The van der Waals surface area contributed by atoms with Crippen LogP contribution in [0.15, 0.2) is 78.9 Å². The van der Waals surface area contributed by atoms with E-state index < -0.39 is 6.09 Å². The lowest BCUT2D eigenvalue weighted by Crippen LogP contribution is -2.16. The molecule has 5 nitrogen and oxygen atoms in total. The van der Waals surface area contributed by atoms with Gasteiger partial charge in [-0.05, 0) is 67.1 Å². The number of carbonyl (C=O) groups excluding carboxylic acids is 2. The van der Waals surface area contributed by atoms with Crippen molar-refractivity contribution in [2.45, 2.75) is 20.3 Å². The minimum atomic E-state index is -0.556. The average molecular weight is 413 g/mol. The highest BCUT2D eigenvalue weighted by molar-refractivity contribution is 5.86. The summed E-state index contributed by atoms with van der Waals surface area (Å²) < 4.78 is 10.5. The zero-order valence-electron chi connectivity index (χ0n) is 17.4. The SMILES string of the molecule is CCC(C)C(=O)Oc1ccc(C#Cc2ccc(NC(=O)Oc3ccccc3)cc2)cc1. The van der Waals surface area contributed by atoms with E-state index in [2.05, 4.69) is 17.2 Å². The Labute approximate surface area is 182 Å². The van der Waals surface area contributed by atoms with Crippen molar-refractivity contribution in [3.05, 3.63) is 90.0 Å². The lowest BCUT2D eigenvalue weighted by Gasteiger charge is -2.08. The molecule has 5 heteroatoms. The zero-order chi connectivity index (χ0) is 22.1. The van der Waals surface area contributed by atoms with E-state index in [9.17, 15) is 9.59 Å². The van der Waals surface area contributed by atoms with Gasteiger partial charge in [-0.2, -0.15) is 0 Å². The molecule has 3 aromatic rings. The van der Waals surface area contributed by atoms with Crippen LogP contribution in [0.5, 0.6) is 11.5 Å². The highest BCUT2D eigenvalue weighted by atomic mass is 16.6. The number of nitrogens with one attached hydrogen (secondary N) is 1. The highest BCUT2D eigenvalue weighted by Crippen LogP contribution is 2.15. The van der Waals surface area contributed by atoms with Gasteiger partial charge in [0.2, 0.25) is 0 Å². The molecule has 0 saturated carbocycles. The van der Waals surface area contributed by atoms with Gasteiger partial charge in [0.05, 0.1) is 5.92 Å². The molecular weight excluding hydrogens is 390 g/mol. The second-order valence-electron chi connectivity index (χ2n) is 6.91. The van der Waals surface area contributed by atoms with Gasteiger partial charge in [-0.15, -0.1) is 0 Å². The Hall–Kier alpha value is -4.04. The van der Waals surface area contributed by atoms with E-state index in [-0.39, 0.29) is 11.9 Å². The number of carbonyl (C=O) groups is 2. The molecule has 0 spiro atoms. The third-order valence-corrected chi connectivity index (χ3v) is 4.52. The molecule has 3 rings (SSSR count). The molecule has 1 atom stereocenters. The molecule has 31 heavy (non-hydrogen) atoms. The number of hydrogen-bond acceptors (Lipinski definition) is 4. The number of hydrogen-bond donors (Lipinski definition) is 1. The summed E-state index contributed by atoms with van der Waals surface area (Å²) in [5.74, 6) is 6.75. The van der Waals surface area contributed by atoms with Crippen LogP contribution in [0.3, 0.4) is 0 Å². The van der Waals surface area contributed by atoms with Crippen LogP contribution in [0.25, 0.3) is 0 Å². The van der Waals surface area contributed by atoms with Crippen molar-refractivity contribution in [3.63, 3.8) is 0 Å².